The number of hydrogen-bond acceptors (Lipinski definition) is 3. The number of Topliss-reactive ketones (excluding diaryl/α,β-unsaturated/α-hetero) is 1. The zero-order valence-corrected chi connectivity index (χ0v) is 13.2. The van der Waals surface area contributed by atoms with Crippen LogP contribution in [0.1, 0.15) is 21.6 Å². The predicted molar refractivity (Wildman–Crippen MR) is 81.0 cm³/mol. The zero-order chi connectivity index (χ0) is 14.5. The maximum absolute atomic E-state index is 12.5. The van der Waals surface area contributed by atoms with Crippen molar-refractivity contribution in [1.29, 1.82) is 0 Å². The number of aryl methyl sites for hydroxylation is 1. The monoisotopic (exact) mass is 336 g/mol. The molecule has 1 aromatic carbocycles. The van der Waals surface area contributed by atoms with Crippen molar-refractivity contribution in [3.63, 3.8) is 0 Å². The molecule has 0 bridgehead atoms. The number of ether oxygens (including phenoxy) is 1. The van der Waals surface area contributed by atoms with Gasteiger partial charge < -0.3 is 4.74 Å². The van der Waals surface area contributed by atoms with Gasteiger partial charge in [0.25, 0.3) is 0 Å². The second kappa shape index (κ2) is 6.81. The molecule has 4 nitrogen and oxygen atoms in total. The highest BCUT2D eigenvalue weighted by molar-refractivity contribution is 9.10. The molecule has 0 atom stereocenters. The van der Waals surface area contributed by atoms with E-state index in [9.17, 15) is 4.79 Å². The number of ketones is 1. The number of rotatable bonds is 6. The SMILES string of the molecule is COCCn1ncc(Br)c1C(=O)Cc1cccc(C)c1. The lowest BCUT2D eigenvalue weighted by atomic mass is 10.0. The summed E-state index contributed by atoms with van der Waals surface area (Å²) in [7, 11) is 1.63. The first-order chi connectivity index (χ1) is 9.61. The Morgan fingerprint density at radius 2 is 2.25 bits per heavy atom. The maximum Gasteiger partial charge on any atom is 0.186 e. The van der Waals surface area contributed by atoms with Gasteiger partial charge >= 0.3 is 0 Å². The van der Waals surface area contributed by atoms with Crippen molar-refractivity contribution in [3.05, 3.63) is 51.8 Å². The van der Waals surface area contributed by atoms with Gasteiger partial charge in [0.2, 0.25) is 0 Å². The summed E-state index contributed by atoms with van der Waals surface area (Å²) >= 11 is 3.39. The number of halogens is 1. The van der Waals surface area contributed by atoms with Crippen LogP contribution < -0.4 is 0 Å². The minimum atomic E-state index is 0.0519. The van der Waals surface area contributed by atoms with Crippen molar-refractivity contribution in [2.75, 3.05) is 13.7 Å². The molecule has 0 aliphatic carbocycles. The van der Waals surface area contributed by atoms with Crippen LogP contribution in [0.2, 0.25) is 0 Å². The molecule has 5 heteroatoms. The summed E-state index contributed by atoms with van der Waals surface area (Å²) in [5, 5.41) is 4.20. The molecular weight excluding hydrogens is 320 g/mol. The van der Waals surface area contributed by atoms with Gasteiger partial charge in [0, 0.05) is 13.5 Å². The fourth-order valence-corrected chi connectivity index (χ4v) is 2.60. The van der Waals surface area contributed by atoms with Gasteiger partial charge in [-0.3, -0.25) is 9.48 Å². The fourth-order valence-electron chi connectivity index (χ4n) is 2.08. The Labute approximate surface area is 126 Å². The Hall–Kier alpha value is -1.46. The van der Waals surface area contributed by atoms with Crippen molar-refractivity contribution < 1.29 is 9.53 Å². The largest absolute Gasteiger partial charge is 0.383 e. The molecule has 0 amide bonds. The van der Waals surface area contributed by atoms with Gasteiger partial charge in [-0.2, -0.15) is 5.10 Å². The lowest BCUT2D eigenvalue weighted by Crippen LogP contribution is -2.15. The van der Waals surface area contributed by atoms with Crippen LogP contribution in [-0.2, 0) is 17.7 Å². The Morgan fingerprint density at radius 1 is 1.45 bits per heavy atom. The molecule has 0 radical (unpaired) electrons. The van der Waals surface area contributed by atoms with E-state index in [4.69, 9.17) is 4.74 Å². The molecule has 2 aromatic rings. The molecule has 0 saturated carbocycles. The van der Waals surface area contributed by atoms with Crippen LogP contribution in [-0.4, -0.2) is 29.3 Å². The molecular formula is C15H17BrN2O2. The molecule has 1 heterocycles. The number of benzene rings is 1. The second-order valence-corrected chi connectivity index (χ2v) is 5.50. The van der Waals surface area contributed by atoms with E-state index in [0.29, 0.717) is 25.3 Å². The first-order valence-corrected chi connectivity index (χ1v) is 7.20. The summed E-state index contributed by atoms with van der Waals surface area (Å²) in [6.07, 6.45) is 2.03. The highest BCUT2D eigenvalue weighted by Gasteiger charge is 2.17. The summed E-state index contributed by atoms with van der Waals surface area (Å²) in [6, 6.07) is 7.98. The van der Waals surface area contributed by atoms with Gasteiger partial charge in [-0.15, -0.1) is 0 Å². The third-order valence-corrected chi connectivity index (χ3v) is 3.59. The third kappa shape index (κ3) is 3.55. The van der Waals surface area contributed by atoms with E-state index in [-0.39, 0.29) is 5.78 Å². The molecule has 0 aliphatic rings. The Balaban J connectivity index is 2.18. The lowest BCUT2D eigenvalue weighted by molar-refractivity contribution is 0.0978. The third-order valence-electron chi connectivity index (χ3n) is 3.01. The molecule has 20 heavy (non-hydrogen) atoms. The number of methoxy groups -OCH3 is 1. The smallest absolute Gasteiger partial charge is 0.186 e. The Morgan fingerprint density at radius 3 is 2.95 bits per heavy atom. The molecule has 0 fully saturated rings. The first-order valence-electron chi connectivity index (χ1n) is 6.41. The lowest BCUT2D eigenvalue weighted by Gasteiger charge is -2.07. The van der Waals surface area contributed by atoms with Crippen molar-refractivity contribution >= 4 is 21.7 Å². The van der Waals surface area contributed by atoms with Gasteiger partial charge in [0.15, 0.2) is 5.78 Å². The normalized spacial score (nSPS) is 10.8. The van der Waals surface area contributed by atoms with E-state index in [0.717, 1.165) is 15.6 Å². The maximum atomic E-state index is 12.5. The highest BCUT2D eigenvalue weighted by atomic mass is 79.9. The van der Waals surface area contributed by atoms with Crippen LogP contribution >= 0.6 is 15.9 Å². The van der Waals surface area contributed by atoms with E-state index in [1.807, 2.05) is 31.2 Å². The van der Waals surface area contributed by atoms with E-state index in [2.05, 4.69) is 21.0 Å². The Kier molecular flexibility index (Phi) is 5.09. The Bertz CT molecular complexity index is 608. The summed E-state index contributed by atoms with van der Waals surface area (Å²) in [6.45, 7) is 3.11. The number of aromatic nitrogens is 2. The molecule has 1 aromatic heterocycles. The van der Waals surface area contributed by atoms with E-state index in [1.165, 1.54) is 0 Å². The van der Waals surface area contributed by atoms with E-state index >= 15 is 0 Å². The molecule has 0 saturated heterocycles. The van der Waals surface area contributed by atoms with Crippen LogP contribution in [0.4, 0.5) is 0 Å². The van der Waals surface area contributed by atoms with E-state index < -0.39 is 0 Å². The average Bonchev–Trinajstić information content (AvgIpc) is 2.77. The molecule has 0 aliphatic heterocycles. The topological polar surface area (TPSA) is 44.1 Å². The molecule has 2 rings (SSSR count). The van der Waals surface area contributed by atoms with Crippen molar-refractivity contribution in [2.24, 2.45) is 0 Å². The van der Waals surface area contributed by atoms with Gasteiger partial charge in [0.05, 0.1) is 23.8 Å². The van der Waals surface area contributed by atoms with Crippen LogP contribution in [0, 0.1) is 6.92 Å². The number of nitrogens with zero attached hydrogens (tertiary/aromatic N) is 2. The van der Waals surface area contributed by atoms with Gasteiger partial charge in [-0.1, -0.05) is 29.8 Å². The summed E-state index contributed by atoms with van der Waals surface area (Å²) in [5.74, 6) is 0.0519. The minimum absolute atomic E-state index is 0.0519. The zero-order valence-electron chi connectivity index (χ0n) is 11.6. The number of carbonyl (C=O) groups excluding carboxylic acids is 1. The van der Waals surface area contributed by atoms with Gasteiger partial charge in [-0.05, 0) is 28.4 Å². The van der Waals surface area contributed by atoms with Crippen LogP contribution in [0.25, 0.3) is 0 Å². The average molecular weight is 337 g/mol. The van der Waals surface area contributed by atoms with Crippen molar-refractivity contribution in [2.45, 2.75) is 19.9 Å². The predicted octanol–water partition coefficient (Wildman–Crippen LogP) is 3.03. The number of carbonyl (C=O) groups is 1. The van der Waals surface area contributed by atoms with Crippen LogP contribution in [0.5, 0.6) is 0 Å². The van der Waals surface area contributed by atoms with Crippen LogP contribution in [0.15, 0.2) is 34.9 Å². The highest BCUT2D eigenvalue weighted by Crippen LogP contribution is 2.19. The van der Waals surface area contributed by atoms with Crippen LogP contribution in [0.3, 0.4) is 0 Å². The molecule has 0 spiro atoms. The fraction of sp³-hybridized carbons (Fsp3) is 0.333. The van der Waals surface area contributed by atoms with Gasteiger partial charge in [-0.25, -0.2) is 0 Å². The first kappa shape index (κ1) is 14.9. The molecule has 0 N–H and O–H groups in total. The van der Waals surface area contributed by atoms with Crippen molar-refractivity contribution in [1.82, 2.24) is 9.78 Å². The number of hydrogen-bond donors (Lipinski definition) is 0. The summed E-state index contributed by atoms with van der Waals surface area (Å²) < 4.78 is 7.45. The van der Waals surface area contributed by atoms with Gasteiger partial charge in [0.1, 0.15) is 5.69 Å². The van der Waals surface area contributed by atoms with E-state index in [1.54, 1.807) is 18.0 Å². The van der Waals surface area contributed by atoms with Crippen molar-refractivity contribution in [3.8, 4) is 0 Å². The second-order valence-electron chi connectivity index (χ2n) is 4.65. The molecule has 106 valence electrons. The standard InChI is InChI=1S/C15H17BrN2O2/c1-11-4-3-5-12(8-11)9-14(19)15-13(16)10-17-18(15)6-7-20-2/h3-5,8,10H,6-7,9H2,1-2H3. The quantitative estimate of drug-likeness (QED) is 0.761. The minimum Gasteiger partial charge on any atom is -0.383 e. The summed E-state index contributed by atoms with van der Waals surface area (Å²) in [5.41, 5.74) is 2.77. The summed E-state index contributed by atoms with van der Waals surface area (Å²) in [4.78, 5) is 12.5. The molecule has 0 unspecified atom stereocenters.